The lowest BCUT2D eigenvalue weighted by Crippen LogP contribution is -2.44. The number of hydrogen-bond donors (Lipinski definition) is 1. The molecule has 1 heterocycles. The van der Waals surface area contributed by atoms with E-state index in [9.17, 15) is 18.0 Å². The highest BCUT2D eigenvalue weighted by atomic mass is 32.2. The van der Waals surface area contributed by atoms with Crippen LogP contribution in [0.2, 0.25) is 0 Å². The molecule has 0 aromatic heterocycles. The molecule has 0 radical (unpaired) electrons. The van der Waals surface area contributed by atoms with Crippen LogP contribution in [0.1, 0.15) is 28.8 Å². The van der Waals surface area contributed by atoms with Gasteiger partial charge in [0.05, 0.1) is 16.9 Å². The van der Waals surface area contributed by atoms with Crippen molar-refractivity contribution < 1.29 is 18.0 Å². The van der Waals surface area contributed by atoms with Gasteiger partial charge in [0.2, 0.25) is 5.91 Å². The maximum absolute atomic E-state index is 12.4. The molecule has 0 unspecified atom stereocenters. The summed E-state index contributed by atoms with van der Waals surface area (Å²) in [6.07, 6.45) is 0.642. The number of likely N-dealkylation sites (tertiary alicyclic amines) is 1. The minimum atomic E-state index is -3.50. The van der Waals surface area contributed by atoms with Gasteiger partial charge in [0.15, 0.2) is 9.84 Å². The van der Waals surface area contributed by atoms with E-state index in [1.165, 1.54) is 7.05 Å². The second kappa shape index (κ2) is 7.45. The van der Waals surface area contributed by atoms with Gasteiger partial charge in [-0.05, 0) is 37.1 Å². The average Bonchev–Trinajstić information content (AvgIpc) is 2.61. The summed E-state index contributed by atoms with van der Waals surface area (Å²) in [5, 5.41) is 10.5. The van der Waals surface area contributed by atoms with Crippen LogP contribution in [0.25, 0.3) is 0 Å². The second-order valence-electron chi connectivity index (χ2n) is 5.66. The van der Waals surface area contributed by atoms with Crippen LogP contribution in [-0.2, 0) is 14.6 Å². The van der Waals surface area contributed by atoms with Crippen molar-refractivity contribution >= 4 is 21.7 Å². The van der Waals surface area contributed by atoms with E-state index >= 15 is 0 Å². The van der Waals surface area contributed by atoms with Crippen LogP contribution >= 0.6 is 0 Å². The molecule has 1 aromatic carbocycles. The van der Waals surface area contributed by atoms with Crippen LogP contribution in [0.4, 0.5) is 0 Å². The molecule has 0 bridgehead atoms. The molecule has 24 heavy (non-hydrogen) atoms. The average molecular weight is 349 g/mol. The monoisotopic (exact) mass is 349 g/mol. The summed E-state index contributed by atoms with van der Waals surface area (Å²) in [4.78, 5) is 25.3. The van der Waals surface area contributed by atoms with Gasteiger partial charge < -0.3 is 10.2 Å². The number of sulfone groups is 1. The third kappa shape index (κ3) is 4.11. The molecule has 128 valence electrons. The van der Waals surface area contributed by atoms with Gasteiger partial charge >= 0.3 is 0 Å². The topological polar surface area (TPSA) is 107 Å². The van der Waals surface area contributed by atoms with Gasteiger partial charge in [-0.15, -0.1) is 0 Å². The van der Waals surface area contributed by atoms with Crippen molar-refractivity contribution in [1.29, 1.82) is 5.26 Å². The number of nitrogens with one attached hydrogen (secondary N) is 1. The summed E-state index contributed by atoms with van der Waals surface area (Å²) in [6, 6.07) is 8.33. The fourth-order valence-corrected chi connectivity index (χ4v) is 4.34. The third-order valence-corrected chi connectivity index (χ3v) is 6.26. The van der Waals surface area contributed by atoms with Gasteiger partial charge in [0, 0.05) is 25.7 Å². The first-order valence-electron chi connectivity index (χ1n) is 7.59. The zero-order valence-electron chi connectivity index (χ0n) is 13.4. The van der Waals surface area contributed by atoms with Gasteiger partial charge in [-0.2, -0.15) is 5.26 Å². The molecule has 1 fully saturated rings. The van der Waals surface area contributed by atoms with Gasteiger partial charge in [0.25, 0.3) is 5.91 Å². The lowest BCUT2D eigenvalue weighted by atomic mass is 10.1. The Morgan fingerprint density at radius 2 is 1.83 bits per heavy atom. The molecule has 7 nitrogen and oxygen atoms in total. The molecular formula is C16H19N3O4S. The van der Waals surface area contributed by atoms with Crippen molar-refractivity contribution in [2.75, 3.05) is 25.9 Å². The molecule has 1 aromatic rings. The standard InChI is InChI=1S/C16H19N3O4S/c1-18-15(20)11-24(22,23)14-6-8-19(9-7-14)16(21)13-4-2-12(10-17)3-5-13/h2-5,14H,6-9,11H2,1H3,(H,18,20). The Morgan fingerprint density at radius 3 is 2.33 bits per heavy atom. The van der Waals surface area contributed by atoms with E-state index in [0.29, 0.717) is 37.1 Å². The Kier molecular flexibility index (Phi) is 5.57. The summed E-state index contributed by atoms with van der Waals surface area (Å²) in [5.41, 5.74) is 0.950. The van der Waals surface area contributed by atoms with E-state index in [2.05, 4.69) is 5.32 Å². The first kappa shape index (κ1) is 17.9. The molecular weight excluding hydrogens is 330 g/mol. The molecule has 1 N–H and O–H groups in total. The van der Waals surface area contributed by atoms with Gasteiger partial charge in [-0.3, -0.25) is 9.59 Å². The highest BCUT2D eigenvalue weighted by Gasteiger charge is 2.33. The third-order valence-electron chi connectivity index (χ3n) is 4.11. The first-order chi connectivity index (χ1) is 11.4. The van der Waals surface area contributed by atoms with Crippen molar-refractivity contribution in [2.45, 2.75) is 18.1 Å². The zero-order chi connectivity index (χ0) is 17.7. The predicted octanol–water partition coefficient (Wildman–Crippen LogP) is 0.324. The Balaban J connectivity index is 1.98. The van der Waals surface area contributed by atoms with Crippen molar-refractivity contribution in [3.63, 3.8) is 0 Å². The van der Waals surface area contributed by atoms with Crippen LogP contribution < -0.4 is 5.32 Å². The second-order valence-corrected chi connectivity index (χ2v) is 7.94. The molecule has 8 heteroatoms. The number of piperidine rings is 1. The van der Waals surface area contributed by atoms with E-state index in [4.69, 9.17) is 5.26 Å². The van der Waals surface area contributed by atoms with E-state index in [1.807, 2.05) is 6.07 Å². The molecule has 0 aliphatic carbocycles. The summed E-state index contributed by atoms with van der Waals surface area (Å²) >= 11 is 0. The number of nitriles is 1. The Hall–Kier alpha value is -2.40. The molecule has 1 aliphatic heterocycles. The fraction of sp³-hybridized carbons (Fsp3) is 0.438. The number of amides is 2. The van der Waals surface area contributed by atoms with Crippen LogP contribution in [0.5, 0.6) is 0 Å². The van der Waals surface area contributed by atoms with Crippen LogP contribution in [0.3, 0.4) is 0 Å². The largest absolute Gasteiger partial charge is 0.358 e. The lowest BCUT2D eigenvalue weighted by Gasteiger charge is -2.31. The Morgan fingerprint density at radius 1 is 1.25 bits per heavy atom. The molecule has 0 spiro atoms. The number of rotatable bonds is 4. The predicted molar refractivity (Wildman–Crippen MR) is 87.9 cm³/mol. The minimum absolute atomic E-state index is 0.179. The molecule has 2 rings (SSSR count). The summed E-state index contributed by atoms with van der Waals surface area (Å²) in [6.45, 7) is 0.660. The van der Waals surface area contributed by atoms with E-state index < -0.39 is 26.7 Å². The van der Waals surface area contributed by atoms with Crippen molar-refractivity contribution in [3.8, 4) is 6.07 Å². The highest BCUT2D eigenvalue weighted by molar-refractivity contribution is 7.92. The smallest absolute Gasteiger partial charge is 0.253 e. The SMILES string of the molecule is CNC(=O)CS(=O)(=O)C1CCN(C(=O)c2ccc(C#N)cc2)CC1. The van der Waals surface area contributed by atoms with Crippen molar-refractivity contribution in [3.05, 3.63) is 35.4 Å². The fourth-order valence-electron chi connectivity index (χ4n) is 2.66. The van der Waals surface area contributed by atoms with Crippen LogP contribution in [0.15, 0.2) is 24.3 Å². The van der Waals surface area contributed by atoms with Crippen molar-refractivity contribution in [1.82, 2.24) is 10.2 Å². The van der Waals surface area contributed by atoms with Gasteiger partial charge in [-0.1, -0.05) is 0 Å². The first-order valence-corrected chi connectivity index (χ1v) is 9.30. The Bertz CT molecular complexity index is 758. The van der Waals surface area contributed by atoms with Gasteiger partial charge in [-0.25, -0.2) is 8.42 Å². The molecule has 0 atom stereocenters. The maximum atomic E-state index is 12.4. The molecule has 1 aliphatic rings. The maximum Gasteiger partial charge on any atom is 0.253 e. The number of nitrogens with zero attached hydrogens (tertiary/aromatic N) is 2. The van der Waals surface area contributed by atoms with E-state index in [1.54, 1.807) is 29.2 Å². The zero-order valence-corrected chi connectivity index (χ0v) is 14.2. The van der Waals surface area contributed by atoms with Gasteiger partial charge in [0.1, 0.15) is 5.75 Å². The molecule has 1 saturated heterocycles. The van der Waals surface area contributed by atoms with Crippen LogP contribution in [-0.4, -0.2) is 56.3 Å². The minimum Gasteiger partial charge on any atom is -0.358 e. The summed E-state index contributed by atoms with van der Waals surface area (Å²) in [7, 11) is -2.10. The number of benzene rings is 1. The molecule has 0 saturated carbocycles. The molecule has 2 amide bonds. The van der Waals surface area contributed by atoms with Crippen LogP contribution in [0, 0.1) is 11.3 Å². The van der Waals surface area contributed by atoms with E-state index in [0.717, 1.165) is 0 Å². The summed E-state index contributed by atoms with van der Waals surface area (Å²) < 4.78 is 24.4. The number of carbonyl (C=O) groups is 2. The van der Waals surface area contributed by atoms with E-state index in [-0.39, 0.29) is 5.91 Å². The normalized spacial score (nSPS) is 15.6. The Labute approximate surface area is 141 Å². The van der Waals surface area contributed by atoms with Crippen molar-refractivity contribution in [2.24, 2.45) is 0 Å². The lowest BCUT2D eigenvalue weighted by molar-refractivity contribution is -0.118. The quantitative estimate of drug-likeness (QED) is 0.842. The summed E-state index contributed by atoms with van der Waals surface area (Å²) in [5.74, 6) is -1.22. The number of carbonyl (C=O) groups excluding carboxylic acids is 2. The number of hydrogen-bond acceptors (Lipinski definition) is 5. The highest BCUT2D eigenvalue weighted by Crippen LogP contribution is 2.20.